The largest absolute Gasteiger partial charge is 0.451 e. The van der Waals surface area contributed by atoms with Crippen LogP contribution in [0.15, 0.2) is 6.07 Å². The average Bonchev–Trinajstić information content (AvgIpc) is 2.80. The minimum atomic E-state index is -4.56. The van der Waals surface area contributed by atoms with Gasteiger partial charge in [-0.15, -0.1) is 0 Å². The number of aromatic nitrogens is 2. The molecule has 2 rings (SSSR count). The number of hydrogen-bond donors (Lipinski definition) is 2. The van der Waals surface area contributed by atoms with Gasteiger partial charge in [0, 0.05) is 32.2 Å². The molecule has 0 saturated carbocycles. The molecule has 0 amide bonds. The normalized spacial score (nSPS) is 22.9. The standard InChI is InChI=1S/C12H17F3N4O/c1-7-8(3-4-20-7)6-17-10-5-9(16-2)18-11(19-10)12(13,14)15/h5,7-8H,3-4,6H2,1-2H3,(H2,16,17,18,19). The second kappa shape index (κ2) is 5.82. The maximum atomic E-state index is 12.7. The molecule has 1 aliphatic heterocycles. The zero-order chi connectivity index (χ0) is 14.8. The fourth-order valence-electron chi connectivity index (χ4n) is 2.07. The highest BCUT2D eigenvalue weighted by Gasteiger charge is 2.35. The highest BCUT2D eigenvalue weighted by atomic mass is 19.4. The second-order valence-corrected chi connectivity index (χ2v) is 4.72. The SMILES string of the molecule is CNc1cc(NCC2CCOC2C)nc(C(F)(F)F)n1. The molecular formula is C12H17F3N4O. The molecule has 20 heavy (non-hydrogen) atoms. The van der Waals surface area contributed by atoms with Crippen molar-refractivity contribution in [3.63, 3.8) is 0 Å². The molecule has 1 aromatic heterocycles. The van der Waals surface area contributed by atoms with Crippen molar-refractivity contribution >= 4 is 11.6 Å². The molecular weight excluding hydrogens is 273 g/mol. The van der Waals surface area contributed by atoms with Crippen molar-refractivity contribution < 1.29 is 17.9 Å². The summed E-state index contributed by atoms with van der Waals surface area (Å²) in [6, 6.07) is 1.45. The van der Waals surface area contributed by atoms with Gasteiger partial charge in [-0.2, -0.15) is 13.2 Å². The van der Waals surface area contributed by atoms with Gasteiger partial charge in [0.25, 0.3) is 0 Å². The van der Waals surface area contributed by atoms with Gasteiger partial charge in [-0.3, -0.25) is 0 Å². The minimum absolute atomic E-state index is 0.107. The van der Waals surface area contributed by atoms with Crippen molar-refractivity contribution in [1.29, 1.82) is 0 Å². The molecule has 8 heteroatoms. The first-order valence-corrected chi connectivity index (χ1v) is 6.39. The first kappa shape index (κ1) is 14.8. The topological polar surface area (TPSA) is 59.1 Å². The van der Waals surface area contributed by atoms with Crippen molar-refractivity contribution in [3.8, 4) is 0 Å². The van der Waals surface area contributed by atoms with E-state index >= 15 is 0 Å². The summed E-state index contributed by atoms with van der Waals surface area (Å²) >= 11 is 0. The van der Waals surface area contributed by atoms with Crippen molar-refractivity contribution in [2.45, 2.75) is 25.6 Å². The van der Waals surface area contributed by atoms with Crippen molar-refractivity contribution in [2.24, 2.45) is 5.92 Å². The molecule has 2 atom stereocenters. The van der Waals surface area contributed by atoms with Gasteiger partial charge in [-0.25, -0.2) is 9.97 Å². The Morgan fingerprint density at radius 3 is 2.60 bits per heavy atom. The van der Waals surface area contributed by atoms with Crippen LogP contribution in [0.2, 0.25) is 0 Å². The zero-order valence-electron chi connectivity index (χ0n) is 11.3. The van der Waals surface area contributed by atoms with Gasteiger partial charge < -0.3 is 15.4 Å². The average molecular weight is 290 g/mol. The van der Waals surface area contributed by atoms with Gasteiger partial charge in [-0.1, -0.05) is 0 Å². The summed E-state index contributed by atoms with van der Waals surface area (Å²) < 4.78 is 43.5. The summed E-state index contributed by atoms with van der Waals surface area (Å²) in [6.45, 7) is 3.17. The summed E-state index contributed by atoms with van der Waals surface area (Å²) in [7, 11) is 1.51. The molecule has 1 aromatic rings. The molecule has 2 heterocycles. The van der Waals surface area contributed by atoms with Crippen LogP contribution in [-0.2, 0) is 10.9 Å². The molecule has 0 spiro atoms. The lowest BCUT2D eigenvalue weighted by Crippen LogP contribution is -2.22. The Bertz CT molecular complexity index is 467. The van der Waals surface area contributed by atoms with Gasteiger partial charge in [0.2, 0.25) is 5.82 Å². The van der Waals surface area contributed by atoms with Gasteiger partial charge in [0.15, 0.2) is 0 Å². The number of alkyl halides is 3. The van der Waals surface area contributed by atoms with Crippen LogP contribution in [0.4, 0.5) is 24.8 Å². The van der Waals surface area contributed by atoms with E-state index in [0.29, 0.717) is 13.2 Å². The van der Waals surface area contributed by atoms with E-state index in [9.17, 15) is 13.2 Å². The van der Waals surface area contributed by atoms with Gasteiger partial charge >= 0.3 is 6.18 Å². The predicted molar refractivity (Wildman–Crippen MR) is 68.6 cm³/mol. The quantitative estimate of drug-likeness (QED) is 0.891. The third-order valence-corrected chi connectivity index (χ3v) is 3.31. The van der Waals surface area contributed by atoms with Crippen LogP contribution in [0.25, 0.3) is 0 Å². The predicted octanol–water partition coefficient (Wildman–Crippen LogP) is 2.37. The molecule has 5 nitrogen and oxygen atoms in total. The number of anilines is 2. The van der Waals surface area contributed by atoms with Crippen LogP contribution in [0.3, 0.4) is 0 Å². The number of nitrogens with one attached hydrogen (secondary N) is 2. The van der Waals surface area contributed by atoms with E-state index in [1.165, 1.54) is 13.1 Å². The van der Waals surface area contributed by atoms with Gasteiger partial charge in [-0.05, 0) is 13.3 Å². The molecule has 0 aromatic carbocycles. The monoisotopic (exact) mass is 290 g/mol. The summed E-state index contributed by atoms with van der Waals surface area (Å²) in [5.74, 6) is -0.582. The molecule has 2 N–H and O–H groups in total. The van der Waals surface area contributed by atoms with Gasteiger partial charge in [0.1, 0.15) is 11.6 Å². The van der Waals surface area contributed by atoms with E-state index in [2.05, 4.69) is 20.6 Å². The highest BCUT2D eigenvalue weighted by molar-refractivity contribution is 5.47. The summed E-state index contributed by atoms with van der Waals surface area (Å²) in [5.41, 5.74) is 0. The first-order chi connectivity index (χ1) is 9.40. The number of hydrogen-bond acceptors (Lipinski definition) is 5. The Morgan fingerprint density at radius 1 is 1.35 bits per heavy atom. The molecule has 0 radical (unpaired) electrons. The maximum absolute atomic E-state index is 12.7. The summed E-state index contributed by atoms with van der Waals surface area (Å²) in [4.78, 5) is 6.92. The second-order valence-electron chi connectivity index (χ2n) is 4.72. The lowest BCUT2D eigenvalue weighted by molar-refractivity contribution is -0.144. The van der Waals surface area contributed by atoms with Crippen LogP contribution < -0.4 is 10.6 Å². The van der Waals surface area contributed by atoms with Crippen molar-refractivity contribution in [2.75, 3.05) is 30.8 Å². The molecule has 1 aliphatic rings. The lowest BCUT2D eigenvalue weighted by Gasteiger charge is -2.16. The molecule has 1 fully saturated rings. The van der Waals surface area contributed by atoms with Crippen LogP contribution in [0.5, 0.6) is 0 Å². The number of rotatable bonds is 4. The van der Waals surface area contributed by atoms with Crippen LogP contribution >= 0.6 is 0 Å². The molecule has 2 unspecified atom stereocenters. The molecule has 0 aliphatic carbocycles. The Hall–Kier alpha value is -1.57. The molecule has 0 bridgehead atoms. The Balaban J connectivity index is 2.10. The van der Waals surface area contributed by atoms with E-state index in [1.54, 1.807) is 0 Å². The number of ether oxygens (including phenoxy) is 1. The Morgan fingerprint density at radius 2 is 2.05 bits per heavy atom. The van der Waals surface area contributed by atoms with Crippen LogP contribution in [0, 0.1) is 5.92 Å². The fourth-order valence-corrected chi connectivity index (χ4v) is 2.07. The van der Waals surface area contributed by atoms with Crippen LogP contribution in [0.1, 0.15) is 19.2 Å². The number of nitrogens with zero attached hydrogens (tertiary/aromatic N) is 2. The minimum Gasteiger partial charge on any atom is -0.378 e. The third kappa shape index (κ3) is 3.50. The Labute approximate surface area is 114 Å². The van der Waals surface area contributed by atoms with Gasteiger partial charge in [0.05, 0.1) is 6.10 Å². The first-order valence-electron chi connectivity index (χ1n) is 6.39. The third-order valence-electron chi connectivity index (χ3n) is 3.31. The number of halogens is 3. The van der Waals surface area contributed by atoms with Crippen molar-refractivity contribution in [1.82, 2.24) is 9.97 Å². The summed E-state index contributed by atoms with van der Waals surface area (Å²) in [6.07, 6.45) is -3.56. The van der Waals surface area contributed by atoms with E-state index in [-0.39, 0.29) is 23.7 Å². The van der Waals surface area contributed by atoms with Crippen LogP contribution in [-0.4, -0.2) is 36.3 Å². The van der Waals surface area contributed by atoms with E-state index in [4.69, 9.17) is 4.74 Å². The zero-order valence-corrected chi connectivity index (χ0v) is 11.3. The maximum Gasteiger partial charge on any atom is 0.451 e. The smallest absolute Gasteiger partial charge is 0.378 e. The Kier molecular flexibility index (Phi) is 4.32. The summed E-state index contributed by atoms with van der Waals surface area (Å²) in [5, 5.41) is 5.53. The molecule has 112 valence electrons. The van der Waals surface area contributed by atoms with E-state index < -0.39 is 12.0 Å². The highest BCUT2D eigenvalue weighted by Crippen LogP contribution is 2.28. The fraction of sp³-hybridized carbons (Fsp3) is 0.667. The lowest BCUT2D eigenvalue weighted by atomic mass is 10.0. The van der Waals surface area contributed by atoms with Crippen molar-refractivity contribution in [3.05, 3.63) is 11.9 Å². The molecule has 1 saturated heterocycles. The van der Waals surface area contributed by atoms with E-state index in [0.717, 1.165) is 6.42 Å². The van der Waals surface area contributed by atoms with E-state index in [1.807, 2.05) is 6.92 Å².